The molecular weight excluding hydrogens is 371 g/mol. The van der Waals surface area contributed by atoms with Crippen molar-refractivity contribution in [3.8, 4) is 0 Å². The van der Waals surface area contributed by atoms with Crippen LogP contribution in [-0.4, -0.2) is 48.0 Å². The maximum Gasteiger partial charge on any atom is 0.416 e. The van der Waals surface area contributed by atoms with Crippen molar-refractivity contribution in [3.05, 3.63) is 46.5 Å². The van der Waals surface area contributed by atoms with Gasteiger partial charge >= 0.3 is 6.18 Å². The van der Waals surface area contributed by atoms with Gasteiger partial charge in [-0.05, 0) is 18.2 Å². The number of hydrogen-bond acceptors (Lipinski definition) is 5. The lowest BCUT2D eigenvalue weighted by Gasteiger charge is -2.25. The summed E-state index contributed by atoms with van der Waals surface area (Å²) in [6.07, 6.45) is -4.53. The molecule has 138 valence electrons. The van der Waals surface area contributed by atoms with Crippen molar-refractivity contribution in [2.45, 2.75) is 6.18 Å². The van der Waals surface area contributed by atoms with Gasteiger partial charge in [0.05, 0.1) is 18.8 Å². The number of carbonyl (C=O) groups is 2. The van der Waals surface area contributed by atoms with Crippen LogP contribution in [0.3, 0.4) is 0 Å². The quantitative estimate of drug-likeness (QED) is 0.882. The number of nitrogens with one attached hydrogen (secondary N) is 1. The Bertz CT molecular complexity index is 816. The van der Waals surface area contributed by atoms with Gasteiger partial charge in [0.1, 0.15) is 5.69 Å². The van der Waals surface area contributed by atoms with E-state index in [1.807, 2.05) is 0 Å². The third-order valence-electron chi connectivity index (χ3n) is 3.69. The molecule has 1 N–H and O–H groups in total. The van der Waals surface area contributed by atoms with Crippen molar-refractivity contribution in [1.29, 1.82) is 0 Å². The van der Waals surface area contributed by atoms with E-state index in [-0.39, 0.29) is 22.3 Å². The molecule has 2 aromatic rings. The average molecular weight is 385 g/mol. The number of halogens is 3. The summed E-state index contributed by atoms with van der Waals surface area (Å²) >= 11 is 1.03. The Hall–Kier alpha value is -2.46. The molecule has 3 rings (SSSR count). The van der Waals surface area contributed by atoms with E-state index in [1.165, 1.54) is 11.4 Å². The minimum Gasteiger partial charge on any atom is -0.378 e. The summed E-state index contributed by atoms with van der Waals surface area (Å²) in [6, 6.07) is 4.09. The molecule has 1 aromatic carbocycles. The predicted octanol–water partition coefficient (Wildman–Crippen LogP) is 2.89. The van der Waals surface area contributed by atoms with Crippen molar-refractivity contribution in [1.82, 2.24) is 9.88 Å². The van der Waals surface area contributed by atoms with Crippen molar-refractivity contribution < 1.29 is 27.5 Å². The number of carbonyl (C=O) groups excluding carboxylic acids is 2. The second-order valence-electron chi connectivity index (χ2n) is 5.48. The lowest BCUT2D eigenvalue weighted by molar-refractivity contribution is -0.137. The molecule has 10 heteroatoms. The molecule has 0 unspecified atom stereocenters. The SMILES string of the molecule is O=C(Nc1nc(C(=O)N2CCOCC2)cs1)c1cccc(C(F)(F)F)c1. The Morgan fingerprint density at radius 1 is 1.23 bits per heavy atom. The van der Waals surface area contributed by atoms with Gasteiger partial charge < -0.3 is 9.64 Å². The monoisotopic (exact) mass is 385 g/mol. The standard InChI is InChI=1S/C16H14F3N3O3S/c17-16(18,19)11-3-1-2-10(8-11)13(23)21-15-20-12(9-26-15)14(24)22-4-6-25-7-5-22/h1-3,8-9H,4-7H2,(H,20,21,23). The number of rotatable bonds is 3. The maximum absolute atomic E-state index is 12.7. The highest BCUT2D eigenvalue weighted by atomic mass is 32.1. The first-order chi connectivity index (χ1) is 12.3. The van der Waals surface area contributed by atoms with Gasteiger partial charge in [-0.3, -0.25) is 14.9 Å². The molecule has 1 aliphatic heterocycles. The fraction of sp³-hybridized carbons (Fsp3) is 0.312. The van der Waals surface area contributed by atoms with Crippen LogP contribution in [0.15, 0.2) is 29.6 Å². The molecule has 26 heavy (non-hydrogen) atoms. The summed E-state index contributed by atoms with van der Waals surface area (Å²) in [6.45, 7) is 1.83. The highest BCUT2D eigenvalue weighted by Gasteiger charge is 2.31. The van der Waals surface area contributed by atoms with Crippen LogP contribution in [0.5, 0.6) is 0 Å². The number of amides is 2. The highest BCUT2D eigenvalue weighted by molar-refractivity contribution is 7.14. The summed E-state index contributed by atoms with van der Waals surface area (Å²) in [5.74, 6) is -1.00. The number of nitrogens with zero attached hydrogens (tertiary/aromatic N) is 2. The molecule has 6 nitrogen and oxygen atoms in total. The molecule has 0 bridgehead atoms. The zero-order valence-corrected chi connectivity index (χ0v) is 14.2. The average Bonchev–Trinajstić information content (AvgIpc) is 3.09. The van der Waals surface area contributed by atoms with Gasteiger partial charge in [-0.1, -0.05) is 6.07 Å². The first-order valence-electron chi connectivity index (χ1n) is 7.66. The molecule has 0 aliphatic carbocycles. The number of aromatic nitrogens is 1. The number of hydrogen-bond donors (Lipinski definition) is 1. The van der Waals surface area contributed by atoms with E-state index in [2.05, 4.69) is 10.3 Å². The van der Waals surface area contributed by atoms with Crippen molar-refractivity contribution in [2.24, 2.45) is 0 Å². The van der Waals surface area contributed by atoms with Crippen LogP contribution < -0.4 is 5.32 Å². The number of thiazole rings is 1. The fourth-order valence-corrected chi connectivity index (χ4v) is 3.04. The molecule has 1 saturated heterocycles. The number of morpholine rings is 1. The molecule has 0 atom stereocenters. The van der Waals surface area contributed by atoms with E-state index in [1.54, 1.807) is 4.90 Å². The largest absolute Gasteiger partial charge is 0.416 e. The zero-order chi connectivity index (χ0) is 18.7. The molecule has 0 saturated carbocycles. The van der Waals surface area contributed by atoms with E-state index in [9.17, 15) is 22.8 Å². The summed E-state index contributed by atoms with van der Waals surface area (Å²) in [7, 11) is 0. The van der Waals surface area contributed by atoms with E-state index in [0.717, 1.165) is 29.5 Å². The topological polar surface area (TPSA) is 71.5 Å². The molecule has 1 aromatic heterocycles. The normalized spacial score (nSPS) is 15.0. The van der Waals surface area contributed by atoms with Crippen molar-refractivity contribution in [2.75, 3.05) is 31.6 Å². The van der Waals surface area contributed by atoms with Gasteiger partial charge in [0.25, 0.3) is 11.8 Å². The fourth-order valence-electron chi connectivity index (χ4n) is 2.36. The maximum atomic E-state index is 12.7. The highest BCUT2D eigenvalue weighted by Crippen LogP contribution is 2.29. The van der Waals surface area contributed by atoms with Crippen LogP contribution in [0.25, 0.3) is 0 Å². The van der Waals surface area contributed by atoms with Gasteiger partial charge in [-0.25, -0.2) is 4.98 Å². The van der Waals surface area contributed by atoms with E-state index in [4.69, 9.17) is 4.74 Å². The van der Waals surface area contributed by atoms with Gasteiger partial charge in [0.2, 0.25) is 0 Å². The Labute approximate surface area is 150 Å². The second-order valence-corrected chi connectivity index (χ2v) is 6.33. The van der Waals surface area contributed by atoms with Crippen molar-refractivity contribution in [3.63, 3.8) is 0 Å². The summed E-state index contributed by atoms with van der Waals surface area (Å²) < 4.78 is 43.4. The minimum atomic E-state index is -4.53. The Kier molecular flexibility index (Phi) is 5.23. The smallest absolute Gasteiger partial charge is 0.378 e. The number of alkyl halides is 3. The number of benzene rings is 1. The third-order valence-corrected chi connectivity index (χ3v) is 4.45. The van der Waals surface area contributed by atoms with Crippen LogP contribution in [0, 0.1) is 0 Å². The molecule has 0 radical (unpaired) electrons. The molecule has 2 amide bonds. The van der Waals surface area contributed by atoms with E-state index < -0.39 is 17.6 Å². The van der Waals surface area contributed by atoms with Crippen LogP contribution >= 0.6 is 11.3 Å². The lowest BCUT2D eigenvalue weighted by Crippen LogP contribution is -2.40. The third kappa shape index (κ3) is 4.20. The van der Waals surface area contributed by atoms with Crippen LogP contribution in [0.2, 0.25) is 0 Å². The summed E-state index contributed by atoms with van der Waals surface area (Å²) in [4.78, 5) is 30.1. The summed E-state index contributed by atoms with van der Waals surface area (Å²) in [5.41, 5.74) is -0.875. The van der Waals surface area contributed by atoms with Gasteiger partial charge in [0, 0.05) is 24.0 Å². The van der Waals surface area contributed by atoms with E-state index >= 15 is 0 Å². The van der Waals surface area contributed by atoms with E-state index in [0.29, 0.717) is 26.3 Å². The molecule has 0 spiro atoms. The Balaban J connectivity index is 1.69. The zero-order valence-electron chi connectivity index (χ0n) is 13.4. The van der Waals surface area contributed by atoms with Gasteiger partial charge in [0.15, 0.2) is 5.13 Å². The van der Waals surface area contributed by atoms with Crippen LogP contribution in [-0.2, 0) is 10.9 Å². The molecule has 1 fully saturated rings. The summed E-state index contributed by atoms with van der Waals surface area (Å²) in [5, 5.41) is 4.06. The van der Waals surface area contributed by atoms with Crippen LogP contribution in [0.4, 0.5) is 18.3 Å². The predicted molar refractivity (Wildman–Crippen MR) is 88.2 cm³/mol. The Morgan fingerprint density at radius 3 is 2.65 bits per heavy atom. The van der Waals surface area contributed by atoms with Crippen molar-refractivity contribution >= 4 is 28.3 Å². The lowest BCUT2D eigenvalue weighted by atomic mass is 10.1. The van der Waals surface area contributed by atoms with Crippen LogP contribution in [0.1, 0.15) is 26.4 Å². The van der Waals surface area contributed by atoms with Gasteiger partial charge in [-0.15, -0.1) is 11.3 Å². The van der Waals surface area contributed by atoms with Gasteiger partial charge in [-0.2, -0.15) is 13.2 Å². The molecule has 2 heterocycles. The minimum absolute atomic E-state index is 0.143. The Morgan fingerprint density at radius 2 is 1.96 bits per heavy atom. The first-order valence-corrected chi connectivity index (χ1v) is 8.54. The molecule has 1 aliphatic rings. The number of anilines is 1. The second kappa shape index (κ2) is 7.42. The first kappa shape index (κ1) is 18.3. The molecular formula is C16H14F3N3O3S. The number of ether oxygens (including phenoxy) is 1.